The number of thiophene rings is 1. The molecule has 3 aromatic rings. The maximum Gasteiger partial charge on any atom is 0.266 e. The number of amides is 2. The second-order valence-corrected chi connectivity index (χ2v) is 12.1. The smallest absolute Gasteiger partial charge is 0.266 e. The molecule has 4 heterocycles. The van der Waals surface area contributed by atoms with Crippen LogP contribution < -0.4 is 9.80 Å². The fourth-order valence-electron chi connectivity index (χ4n) is 4.49. The Morgan fingerprint density at radius 3 is 2.50 bits per heavy atom. The first-order chi connectivity index (χ1) is 17.2. The molecule has 1 fully saturated rings. The van der Waals surface area contributed by atoms with Crippen LogP contribution >= 0.6 is 11.3 Å². The molecule has 2 aromatic heterocycles. The third-order valence-corrected chi connectivity index (χ3v) is 9.36. The molecule has 2 aliphatic rings. The molecule has 186 valence electrons. The zero-order chi connectivity index (χ0) is 25.4. The lowest BCUT2D eigenvalue weighted by molar-refractivity contribution is -0.118. The van der Waals surface area contributed by atoms with Crippen LogP contribution in [0.1, 0.15) is 34.3 Å². The number of pyridine rings is 1. The van der Waals surface area contributed by atoms with Gasteiger partial charge in [0.05, 0.1) is 6.42 Å². The Morgan fingerprint density at radius 1 is 1.06 bits per heavy atom. The Morgan fingerprint density at radius 2 is 1.83 bits per heavy atom. The van der Waals surface area contributed by atoms with E-state index in [9.17, 15) is 27.2 Å². The molecule has 0 spiro atoms. The Labute approximate surface area is 211 Å². The van der Waals surface area contributed by atoms with Crippen LogP contribution in [0.3, 0.4) is 0 Å². The number of sulfone groups is 1. The van der Waals surface area contributed by atoms with Crippen molar-refractivity contribution in [3.63, 3.8) is 0 Å². The highest BCUT2D eigenvalue weighted by atomic mass is 32.2. The van der Waals surface area contributed by atoms with E-state index in [4.69, 9.17) is 0 Å². The topological polar surface area (TPSA) is 105 Å². The van der Waals surface area contributed by atoms with E-state index in [1.165, 1.54) is 18.3 Å². The summed E-state index contributed by atoms with van der Waals surface area (Å²) in [6.07, 6.45) is 3.47. The number of halogens is 1. The minimum atomic E-state index is -3.93. The lowest BCUT2D eigenvalue weighted by Gasteiger charge is -2.27. The van der Waals surface area contributed by atoms with E-state index in [0.29, 0.717) is 28.0 Å². The minimum absolute atomic E-state index is 0.0752. The largest absolute Gasteiger partial charge is 0.372 e. The van der Waals surface area contributed by atoms with Crippen molar-refractivity contribution >= 4 is 50.3 Å². The molecule has 0 unspecified atom stereocenters. The van der Waals surface area contributed by atoms with Crippen LogP contribution in [0, 0.1) is 5.13 Å². The lowest BCUT2D eigenvalue weighted by atomic mass is 9.97. The highest BCUT2D eigenvalue weighted by Gasteiger charge is 2.33. The van der Waals surface area contributed by atoms with Gasteiger partial charge in [-0.05, 0) is 60.4 Å². The molecule has 0 radical (unpaired) electrons. The van der Waals surface area contributed by atoms with Crippen LogP contribution in [0.2, 0.25) is 0 Å². The van der Waals surface area contributed by atoms with Crippen molar-refractivity contribution in [1.82, 2.24) is 4.98 Å². The van der Waals surface area contributed by atoms with Gasteiger partial charge in [-0.1, -0.05) is 17.4 Å². The fraction of sp³-hybridized carbons (Fsp3) is 0.280. The van der Waals surface area contributed by atoms with Crippen LogP contribution in [-0.4, -0.2) is 49.8 Å². The standard InChI is InChI=1S/C25H22FN3O5S2/c26-21-6-8-24(35-21)36(33,34)15-19(30)11-16-3-7-22(27-14-16)29-23(31)13-17-12-18(28-9-1-2-10-28)4-5-20(17)25(29)32/h3-8,12,14H,1-2,9-11,13,15H2. The van der Waals surface area contributed by atoms with Crippen molar-refractivity contribution in [2.45, 2.75) is 29.9 Å². The van der Waals surface area contributed by atoms with Crippen molar-refractivity contribution in [3.05, 3.63) is 70.5 Å². The monoisotopic (exact) mass is 527 g/mol. The average molecular weight is 528 g/mol. The maximum atomic E-state index is 13.2. The number of nitrogens with zero attached hydrogens (tertiary/aromatic N) is 3. The summed E-state index contributed by atoms with van der Waals surface area (Å²) in [5, 5.41) is -0.641. The highest BCUT2D eigenvalue weighted by Crippen LogP contribution is 2.29. The van der Waals surface area contributed by atoms with Crippen LogP contribution in [-0.2, 0) is 32.3 Å². The molecule has 11 heteroatoms. The van der Waals surface area contributed by atoms with Gasteiger partial charge in [-0.25, -0.2) is 18.3 Å². The number of hydrogen-bond donors (Lipinski definition) is 0. The summed E-state index contributed by atoms with van der Waals surface area (Å²) >= 11 is 0.472. The van der Waals surface area contributed by atoms with Gasteiger partial charge in [-0.3, -0.25) is 14.4 Å². The van der Waals surface area contributed by atoms with Crippen molar-refractivity contribution in [3.8, 4) is 0 Å². The number of carbonyl (C=O) groups is 3. The molecule has 2 amide bonds. The van der Waals surface area contributed by atoms with Gasteiger partial charge in [0.1, 0.15) is 15.8 Å². The molecule has 0 atom stereocenters. The second kappa shape index (κ2) is 9.55. The van der Waals surface area contributed by atoms with Crippen LogP contribution in [0.25, 0.3) is 0 Å². The fourth-order valence-corrected chi connectivity index (χ4v) is 6.83. The number of carbonyl (C=O) groups excluding carboxylic acids is 3. The number of aromatic nitrogens is 1. The Hall–Kier alpha value is -3.44. The third kappa shape index (κ3) is 4.80. The van der Waals surface area contributed by atoms with Crippen LogP contribution in [0.15, 0.2) is 52.9 Å². The number of Topliss-reactive ketones (excluding diaryl/α,β-unsaturated/α-hetero) is 1. The highest BCUT2D eigenvalue weighted by molar-refractivity contribution is 7.94. The molecule has 0 aliphatic carbocycles. The van der Waals surface area contributed by atoms with Crippen molar-refractivity contribution in [1.29, 1.82) is 0 Å². The maximum absolute atomic E-state index is 13.2. The molecule has 36 heavy (non-hydrogen) atoms. The van der Waals surface area contributed by atoms with E-state index in [-0.39, 0.29) is 22.9 Å². The zero-order valence-electron chi connectivity index (χ0n) is 19.1. The predicted molar refractivity (Wildman–Crippen MR) is 133 cm³/mol. The summed E-state index contributed by atoms with van der Waals surface area (Å²) in [6.45, 7) is 1.92. The van der Waals surface area contributed by atoms with E-state index in [1.807, 2.05) is 12.1 Å². The minimum Gasteiger partial charge on any atom is -0.372 e. The number of ketones is 1. The second-order valence-electron chi connectivity index (χ2n) is 8.80. The van der Waals surface area contributed by atoms with Gasteiger partial charge in [0, 0.05) is 37.0 Å². The summed E-state index contributed by atoms with van der Waals surface area (Å²) in [4.78, 5) is 45.8. The summed E-state index contributed by atoms with van der Waals surface area (Å²) in [5.41, 5.74) is 2.59. The number of fused-ring (bicyclic) bond motifs is 1. The Balaban J connectivity index is 1.28. The Bertz CT molecular complexity index is 1460. The van der Waals surface area contributed by atoms with E-state index >= 15 is 0 Å². The SMILES string of the molecule is O=C(Cc1ccc(N2C(=O)Cc3cc(N4CCCC4)ccc3C2=O)nc1)CS(=O)(=O)c1ccc(F)s1. The molecule has 5 rings (SSSR count). The summed E-state index contributed by atoms with van der Waals surface area (Å²) < 4.78 is 37.6. The number of benzene rings is 1. The van der Waals surface area contributed by atoms with Gasteiger partial charge in [0.2, 0.25) is 5.91 Å². The van der Waals surface area contributed by atoms with Crippen molar-refractivity contribution in [2.24, 2.45) is 0 Å². The van der Waals surface area contributed by atoms with Gasteiger partial charge in [-0.15, -0.1) is 0 Å². The van der Waals surface area contributed by atoms with Crippen LogP contribution in [0.5, 0.6) is 0 Å². The molecule has 0 saturated carbocycles. The summed E-state index contributed by atoms with van der Waals surface area (Å²) in [7, 11) is -3.93. The van der Waals surface area contributed by atoms with Gasteiger partial charge in [0.15, 0.2) is 20.8 Å². The van der Waals surface area contributed by atoms with Gasteiger partial charge >= 0.3 is 0 Å². The van der Waals surface area contributed by atoms with E-state index in [2.05, 4.69) is 9.88 Å². The average Bonchev–Trinajstić information content (AvgIpc) is 3.52. The normalized spacial score (nSPS) is 15.9. The van der Waals surface area contributed by atoms with Gasteiger partial charge in [0.25, 0.3) is 5.91 Å². The molecule has 0 N–H and O–H groups in total. The summed E-state index contributed by atoms with van der Waals surface area (Å²) in [5.74, 6) is -2.05. The van der Waals surface area contributed by atoms with Crippen molar-refractivity contribution < 1.29 is 27.2 Å². The van der Waals surface area contributed by atoms with Crippen molar-refractivity contribution in [2.75, 3.05) is 28.6 Å². The molecular weight excluding hydrogens is 505 g/mol. The predicted octanol–water partition coefficient (Wildman–Crippen LogP) is 3.20. The zero-order valence-corrected chi connectivity index (χ0v) is 20.8. The number of imide groups is 1. The molecule has 0 bridgehead atoms. The van der Waals surface area contributed by atoms with E-state index < -0.39 is 38.3 Å². The molecular formula is C25H22FN3O5S2. The molecule has 1 aromatic carbocycles. The lowest BCUT2D eigenvalue weighted by Crippen LogP contribution is -2.43. The van der Waals surface area contributed by atoms with Gasteiger partial charge < -0.3 is 4.90 Å². The molecule has 1 saturated heterocycles. The van der Waals surface area contributed by atoms with Gasteiger partial charge in [-0.2, -0.15) is 4.39 Å². The van der Waals surface area contributed by atoms with E-state index in [1.54, 1.807) is 6.07 Å². The van der Waals surface area contributed by atoms with Crippen LogP contribution in [0.4, 0.5) is 15.9 Å². The number of anilines is 2. The Kier molecular flexibility index (Phi) is 6.44. The first-order valence-corrected chi connectivity index (χ1v) is 13.9. The molecule has 8 nitrogen and oxygen atoms in total. The molecule has 2 aliphatic heterocycles. The summed E-state index contributed by atoms with van der Waals surface area (Å²) in [6, 6.07) is 10.7. The number of rotatable bonds is 7. The van der Waals surface area contributed by atoms with E-state index in [0.717, 1.165) is 48.7 Å². The first kappa shape index (κ1) is 24.3. The quantitative estimate of drug-likeness (QED) is 0.435. The number of hydrogen-bond acceptors (Lipinski definition) is 8. The first-order valence-electron chi connectivity index (χ1n) is 11.4. The third-order valence-electron chi connectivity index (χ3n) is 6.23.